The van der Waals surface area contributed by atoms with Crippen LogP contribution in [0.2, 0.25) is 0 Å². The zero-order chi connectivity index (χ0) is 10.3. The summed E-state index contributed by atoms with van der Waals surface area (Å²) in [5, 5.41) is 9.50. The molecule has 13 heavy (non-hydrogen) atoms. The van der Waals surface area contributed by atoms with E-state index in [1.807, 2.05) is 0 Å². The lowest BCUT2D eigenvalue weighted by Crippen LogP contribution is -2.51. The van der Waals surface area contributed by atoms with Crippen LogP contribution in [0.3, 0.4) is 0 Å². The lowest BCUT2D eigenvalue weighted by molar-refractivity contribution is 0.0254. The zero-order valence-corrected chi connectivity index (χ0v) is 9.64. The molecular formula is C11H25NO. The summed E-state index contributed by atoms with van der Waals surface area (Å²) >= 11 is 0. The fourth-order valence-electron chi connectivity index (χ4n) is 2.21. The van der Waals surface area contributed by atoms with Crippen molar-refractivity contribution in [3.63, 3.8) is 0 Å². The molecule has 0 aliphatic heterocycles. The van der Waals surface area contributed by atoms with Crippen molar-refractivity contribution in [3.8, 4) is 0 Å². The SMILES string of the molecule is CCCC(CC)(CO)N(CC)CC. The average molecular weight is 187 g/mol. The molecule has 0 bridgehead atoms. The van der Waals surface area contributed by atoms with Gasteiger partial charge in [0.1, 0.15) is 0 Å². The highest BCUT2D eigenvalue weighted by Crippen LogP contribution is 2.24. The van der Waals surface area contributed by atoms with Gasteiger partial charge in [-0.25, -0.2) is 0 Å². The number of hydrogen-bond acceptors (Lipinski definition) is 2. The summed E-state index contributed by atoms with van der Waals surface area (Å²) in [5.41, 5.74) is 0.0399. The van der Waals surface area contributed by atoms with Gasteiger partial charge in [-0.1, -0.05) is 34.1 Å². The van der Waals surface area contributed by atoms with Crippen LogP contribution in [0.1, 0.15) is 47.0 Å². The van der Waals surface area contributed by atoms with E-state index in [4.69, 9.17) is 0 Å². The van der Waals surface area contributed by atoms with E-state index in [2.05, 4.69) is 32.6 Å². The quantitative estimate of drug-likeness (QED) is 0.661. The molecule has 0 aliphatic carbocycles. The molecule has 0 amide bonds. The highest BCUT2D eigenvalue weighted by atomic mass is 16.3. The second kappa shape index (κ2) is 6.39. The number of nitrogens with zero attached hydrogens (tertiary/aromatic N) is 1. The molecule has 1 unspecified atom stereocenters. The maximum atomic E-state index is 9.50. The highest BCUT2D eigenvalue weighted by molar-refractivity contribution is 4.87. The highest BCUT2D eigenvalue weighted by Gasteiger charge is 2.31. The molecule has 80 valence electrons. The molecule has 1 atom stereocenters. The van der Waals surface area contributed by atoms with Crippen LogP contribution in [-0.4, -0.2) is 35.2 Å². The van der Waals surface area contributed by atoms with Crippen LogP contribution in [0, 0.1) is 0 Å². The summed E-state index contributed by atoms with van der Waals surface area (Å²) in [7, 11) is 0. The first-order valence-electron chi connectivity index (χ1n) is 5.56. The van der Waals surface area contributed by atoms with Crippen molar-refractivity contribution in [1.29, 1.82) is 0 Å². The molecular weight excluding hydrogens is 162 g/mol. The monoisotopic (exact) mass is 187 g/mol. The van der Waals surface area contributed by atoms with Crippen molar-refractivity contribution in [1.82, 2.24) is 4.90 Å². The Balaban J connectivity index is 4.50. The Hall–Kier alpha value is -0.0800. The summed E-state index contributed by atoms with van der Waals surface area (Å²) in [5.74, 6) is 0. The second-order valence-electron chi connectivity index (χ2n) is 3.66. The normalized spacial score (nSPS) is 16.2. The van der Waals surface area contributed by atoms with Crippen molar-refractivity contribution in [2.75, 3.05) is 19.7 Å². The standard InChI is InChI=1S/C11H25NO/c1-5-9-11(6-2,10-13)12(7-3)8-4/h13H,5-10H2,1-4H3. The molecule has 0 radical (unpaired) electrons. The lowest BCUT2D eigenvalue weighted by Gasteiger charge is -2.41. The van der Waals surface area contributed by atoms with Crippen LogP contribution in [0.15, 0.2) is 0 Å². The van der Waals surface area contributed by atoms with Gasteiger partial charge in [0.25, 0.3) is 0 Å². The molecule has 0 aromatic carbocycles. The minimum atomic E-state index is 0.0399. The average Bonchev–Trinajstić information content (AvgIpc) is 2.18. The van der Waals surface area contributed by atoms with E-state index in [-0.39, 0.29) is 5.54 Å². The molecule has 0 saturated heterocycles. The molecule has 0 heterocycles. The summed E-state index contributed by atoms with van der Waals surface area (Å²) < 4.78 is 0. The van der Waals surface area contributed by atoms with Crippen molar-refractivity contribution < 1.29 is 5.11 Å². The molecule has 0 aliphatic rings. The fraction of sp³-hybridized carbons (Fsp3) is 1.00. The molecule has 0 saturated carbocycles. The van der Waals surface area contributed by atoms with Crippen LogP contribution in [-0.2, 0) is 0 Å². The van der Waals surface area contributed by atoms with Crippen molar-refractivity contribution in [2.45, 2.75) is 52.5 Å². The summed E-state index contributed by atoms with van der Waals surface area (Å²) in [6.45, 7) is 11.0. The Bertz CT molecular complexity index is 117. The van der Waals surface area contributed by atoms with Gasteiger partial charge < -0.3 is 5.11 Å². The van der Waals surface area contributed by atoms with Crippen LogP contribution >= 0.6 is 0 Å². The van der Waals surface area contributed by atoms with Crippen molar-refractivity contribution >= 4 is 0 Å². The van der Waals surface area contributed by atoms with Gasteiger partial charge in [0.15, 0.2) is 0 Å². The topological polar surface area (TPSA) is 23.5 Å². The van der Waals surface area contributed by atoms with Gasteiger partial charge >= 0.3 is 0 Å². The van der Waals surface area contributed by atoms with E-state index in [0.717, 1.165) is 32.4 Å². The van der Waals surface area contributed by atoms with Gasteiger partial charge in [-0.3, -0.25) is 4.90 Å². The van der Waals surface area contributed by atoms with Gasteiger partial charge in [0.05, 0.1) is 6.61 Å². The molecule has 1 N–H and O–H groups in total. The molecule has 0 rings (SSSR count). The first kappa shape index (κ1) is 12.9. The third-order valence-corrected chi connectivity index (χ3v) is 3.10. The Morgan fingerprint density at radius 1 is 1.08 bits per heavy atom. The Morgan fingerprint density at radius 2 is 1.62 bits per heavy atom. The largest absolute Gasteiger partial charge is 0.394 e. The van der Waals surface area contributed by atoms with E-state index in [0.29, 0.717) is 6.61 Å². The smallest absolute Gasteiger partial charge is 0.0615 e. The van der Waals surface area contributed by atoms with E-state index < -0.39 is 0 Å². The predicted molar refractivity (Wildman–Crippen MR) is 57.9 cm³/mol. The van der Waals surface area contributed by atoms with E-state index in [1.54, 1.807) is 0 Å². The van der Waals surface area contributed by atoms with Gasteiger partial charge in [0.2, 0.25) is 0 Å². The molecule has 2 heteroatoms. The van der Waals surface area contributed by atoms with Crippen molar-refractivity contribution in [2.24, 2.45) is 0 Å². The minimum absolute atomic E-state index is 0.0399. The number of rotatable bonds is 7. The van der Waals surface area contributed by atoms with Crippen molar-refractivity contribution in [3.05, 3.63) is 0 Å². The van der Waals surface area contributed by atoms with Crippen LogP contribution < -0.4 is 0 Å². The van der Waals surface area contributed by atoms with Crippen LogP contribution in [0.4, 0.5) is 0 Å². The van der Waals surface area contributed by atoms with Gasteiger partial charge in [-0.15, -0.1) is 0 Å². The maximum Gasteiger partial charge on any atom is 0.0615 e. The first-order chi connectivity index (χ1) is 6.20. The lowest BCUT2D eigenvalue weighted by atomic mass is 9.89. The molecule has 0 spiro atoms. The fourth-order valence-corrected chi connectivity index (χ4v) is 2.21. The third kappa shape index (κ3) is 2.96. The first-order valence-corrected chi connectivity index (χ1v) is 5.56. The van der Waals surface area contributed by atoms with Gasteiger partial charge in [0, 0.05) is 5.54 Å². The minimum Gasteiger partial charge on any atom is -0.394 e. The maximum absolute atomic E-state index is 9.50. The Labute approximate surface area is 82.9 Å². The van der Waals surface area contributed by atoms with E-state index in [1.165, 1.54) is 0 Å². The number of aliphatic hydroxyl groups is 1. The number of hydrogen-bond donors (Lipinski definition) is 1. The second-order valence-corrected chi connectivity index (χ2v) is 3.66. The van der Waals surface area contributed by atoms with Crippen LogP contribution in [0.5, 0.6) is 0 Å². The van der Waals surface area contributed by atoms with E-state index >= 15 is 0 Å². The summed E-state index contributed by atoms with van der Waals surface area (Å²) in [6, 6.07) is 0. The Kier molecular flexibility index (Phi) is 6.35. The molecule has 0 aromatic heterocycles. The van der Waals surface area contributed by atoms with Crippen LogP contribution in [0.25, 0.3) is 0 Å². The molecule has 2 nitrogen and oxygen atoms in total. The third-order valence-electron chi connectivity index (χ3n) is 3.10. The van der Waals surface area contributed by atoms with Gasteiger partial charge in [-0.05, 0) is 25.9 Å². The van der Waals surface area contributed by atoms with E-state index in [9.17, 15) is 5.11 Å². The van der Waals surface area contributed by atoms with Gasteiger partial charge in [-0.2, -0.15) is 0 Å². The number of aliphatic hydroxyl groups excluding tert-OH is 1. The number of likely N-dealkylation sites (N-methyl/N-ethyl adjacent to an activating group) is 1. The zero-order valence-electron chi connectivity index (χ0n) is 9.64. The predicted octanol–water partition coefficient (Wildman–Crippen LogP) is 2.27. The Morgan fingerprint density at radius 3 is 1.85 bits per heavy atom. The molecule has 0 fully saturated rings. The summed E-state index contributed by atoms with van der Waals surface area (Å²) in [4.78, 5) is 2.39. The molecule has 0 aromatic rings. The summed E-state index contributed by atoms with van der Waals surface area (Å²) in [6.07, 6.45) is 3.28.